The van der Waals surface area contributed by atoms with Crippen LogP contribution >= 0.6 is 0 Å². The number of benzene rings is 1. The Morgan fingerprint density at radius 3 is 2.60 bits per heavy atom. The van der Waals surface area contributed by atoms with Crippen LogP contribution in [0.15, 0.2) is 24.3 Å². The molecule has 1 N–H and O–H groups in total. The highest BCUT2D eigenvalue weighted by atomic mass is 16.5. The molecule has 0 radical (unpaired) electrons. The van der Waals surface area contributed by atoms with Crippen molar-refractivity contribution in [2.45, 2.75) is 6.42 Å². The Morgan fingerprint density at radius 1 is 1.27 bits per heavy atom. The number of nitriles is 1. The van der Waals surface area contributed by atoms with Gasteiger partial charge in [0.1, 0.15) is 19.0 Å². The first-order chi connectivity index (χ1) is 7.36. The molecule has 0 saturated carbocycles. The number of rotatable bonds is 3. The molecule has 1 aromatic carbocycles. The molecule has 0 unspecified atom stereocenters. The summed E-state index contributed by atoms with van der Waals surface area (Å²) in [6.07, 6.45) is 0.381. The molecule has 3 nitrogen and oxygen atoms in total. The van der Waals surface area contributed by atoms with E-state index in [0.717, 1.165) is 11.3 Å². The third-order valence-electron chi connectivity index (χ3n) is 1.65. The van der Waals surface area contributed by atoms with Crippen LogP contribution in [0.2, 0.25) is 0 Å². The molecular formula is C12H11NO2. The third kappa shape index (κ3) is 4.17. The second-order valence-electron chi connectivity index (χ2n) is 2.74. The largest absolute Gasteiger partial charge is 0.493 e. The Labute approximate surface area is 88.9 Å². The van der Waals surface area contributed by atoms with Crippen molar-refractivity contribution in [2.24, 2.45) is 0 Å². The molecule has 0 amide bonds. The first kappa shape index (κ1) is 11.1. The fourth-order valence-corrected chi connectivity index (χ4v) is 0.991. The standard InChI is InChI=1S/C12H11NO2/c13-8-2-10-15-12-6-4-11(5-7-12)3-1-9-14/h4-7,14H,2,9-10H2. The number of aliphatic hydroxyl groups is 1. The molecule has 0 fully saturated rings. The molecule has 0 heterocycles. The maximum Gasteiger partial charge on any atom is 0.119 e. The van der Waals surface area contributed by atoms with E-state index in [1.54, 1.807) is 12.1 Å². The summed E-state index contributed by atoms with van der Waals surface area (Å²) < 4.78 is 5.29. The lowest BCUT2D eigenvalue weighted by Gasteiger charge is -2.02. The van der Waals surface area contributed by atoms with Gasteiger partial charge in [-0.25, -0.2) is 0 Å². The molecule has 0 saturated heterocycles. The molecule has 0 aliphatic carbocycles. The van der Waals surface area contributed by atoms with E-state index in [4.69, 9.17) is 15.1 Å². The Bertz CT molecular complexity index is 392. The predicted octanol–water partition coefficient (Wildman–Crippen LogP) is 1.32. The lowest BCUT2D eigenvalue weighted by Crippen LogP contribution is -1.95. The van der Waals surface area contributed by atoms with E-state index in [9.17, 15) is 0 Å². The van der Waals surface area contributed by atoms with Crippen molar-refractivity contribution in [1.29, 1.82) is 5.26 Å². The van der Waals surface area contributed by atoms with Gasteiger partial charge in [-0.15, -0.1) is 0 Å². The number of ether oxygens (including phenoxy) is 1. The van der Waals surface area contributed by atoms with Crippen molar-refractivity contribution >= 4 is 0 Å². The minimum Gasteiger partial charge on any atom is -0.493 e. The molecule has 76 valence electrons. The molecule has 1 rings (SSSR count). The molecule has 0 atom stereocenters. The summed E-state index contributed by atoms with van der Waals surface area (Å²) in [5.74, 6) is 6.06. The van der Waals surface area contributed by atoms with Crippen LogP contribution in [-0.4, -0.2) is 18.3 Å². The number of nitrogens with zero attached hydrogens (tertiary/aromatic N) is 1. The van der Waals surface area contributed by atoms with Crippen LogP contribution in [0.4, 0.5) is 0 Å². The number of aliphatic hydroxyl groups excluding tert-OH is 1. The zero-order valence-corrected chi connectivity index (χ0v) is 8.23. The van der Waals surface area contributed by atoms with Crippen LogP contribution in [0.3, 0.4) is 0 Å². The molecule has 1 aromatic rings. The van der Waals surface area contributed by atoms with E-state index >= 15 is 0 Å². The summed E-state index contributed by atoms with van der Waals surface area (Å²) in [5.41, 5.74) is 0.830. The summed E-state index contributed by atoms with van der Waals surface area (Å²) in [5, 5.41) is 16.8. The SMILES string of the molecule is N#CCCOc1ccc(C#CCO)cc1. The van der Waals surface area contributed by atoms with Crippen LogP contribution in [0.1, 0.15) is 12.0 Å². The van der Waals surface area contributed by atoms with Gasteiger partial charge in [0.2, 0.25) is 0 Å². The normalized spacial score (nSPS) is 8.53. The summed E-state index contributed by atoms with van der Waals surface area (Å²) >= 11 is 0. The highest BCUT2D eigenvalue weighted by Crippen LogP contribution is 2.11. The van der Waals surface area contributed by atoms with Crippen molar-refractivity contribution < 1.29 is 9.84 Å². The molecule has 0 spiro atoms. The number of hydrogen-bond acceptors (Lipinski definition) is 3. The molecule has 0 aliphatic heterocycles. The highest BCUT2D eigenvalue weighted by Gasteiger charge is 1.92. The smallest absolute Gasteiger partial charge is 0.119 e. The van der Waals surface area contributed by atoms with Gasteiger partial charge < -0.3 is 9.84 Å². The van der Waals surface area contributed by atoms with Gasteiger partial charge in [-0.2, -0.15) is 5.26 Å². The van der Waals surface area contributed by atoms with E-state index < -0.39 is 0 Å². The zero-order valence-electron chi connectivity index (χ0n) is 8.23. The summed E-state index contributed by atoms with van der Waals surface area (Å²) in [4.78, 5) is 0. The lowest BCUT2D eigenvalue weighted by atomic mass is 10.2. The fourth-order valence-electron chi connectivity index (χ4n) is 0.991. The lowest BCUT2D eigenvalue weighted by molar-refractivity contribution is 0.326. The van der Waals surface area contributed by atoms with Crippen molar-refractivity contribution in [3.63, 3.8) is 0 Å². The van der Waals surface area contributed by atoms with Crippen LogP contribution in [0.5, 0.6) is 5.75 Å². The first-order valence-electron chi connectivity index (χ1n) is 4.56. The minimum absolute atomic E-state index is 0.138. The van der Waals surface area contributed by atoms with E-state index in [1.165, 1.54) is 0 Å². The van der Waals surface area contributed by atoms with Crippen molar-refractivity contribution in [2.75, 3.05) is 13.2 Å². The Hall–Kier alpha value is -1.97. The van der Waals surface area contributed by atoms with E-state index in [2.05, 4.69) is 11.8 Å². The van der Waals surface area contributed by atoms with Crippen LogP contribution in [0, 0.1) is 23.2 Å². The van der Waals surface area contributed by atoms with Gasteiger partial charge in [0.15, 0.2) is 0 Å². The highest BCUT2D eigenvalue weighted by molar-refractivity contribution is 5.38. The Kier molecular flexibility index (Phi) is 4.80. The van der Waals surface area contributed by atoms with Gasteiger partial charge in [0.05, 0.1) is 12.5 Å². The van der Waals surface area contributed by atoms with Gasteiger partial charge in [-0.05, 0) is 24.3 Å². The van der Waals surface area contributed by atoms with Crippen LogP contribution in [-0.2, 0) is 0 Å². The van der Waals surface area contributed by atoms with E-state index in [1.807, 2.05) is 18.2 Å². The predicted molar refractivity (Wildman–Crippen MR) is 56.1 cm³/mol. The van der Waals surface area contributed by atoms with E-state index in [0.29, 0.717) is 13.0 Å². The summed E-state index contributed by atoms with van der Waals surface area (Å²) in [7, 11) is 0. The maximum atomic E-state index is 8.50. The second-order valence-corrected chi connectivity index (χ2v) is 2.74. The molecule has 0 bridgehead atoms. The van der Waals surface area contributed by atoms with Crippen LogP contribution < -0.4 is 4.74 Å². The Morgan fingerprint density at radius 2 is 2.00 bits per heavy atom. The molecule has 0 aromatic heterocycles. The average Bonchev–Trinajstić information content (AvgIpc) is 2.28. The monoisotopic (exact) mass is 201 g/mol. The maximum absolute atomic E-state index is 8.50. The topological polar surface area (TPSA) is 53.2 Å². The molecule has 15 heavy (non-hydrogen) atoms. The summed E-state index contributed by atoms with van der Waals surface area (Å²) in [6.45, 7) is 0.262. The van der Waals surface area contributed by atoms with Gasteiger partial charge in [-0.1, -0.05) is 11.8 Å². The third-order valence-corrected chi connectivity index (χ3v) is 1.65. The van der Waals surface area contributed by atoms with Crippen molar-refractivity contribution in [3.05, 3.63) is 29.8 Å². The van der Waals surface area contributed by atoms with E-state index in [-0.39, 0.29) is 6.61 Å². The quantitative estimate of drug-likeness (QED) is 0.592. The number of hydrogen-bond donors (Lipinski definition) is 1. The van der Waals surface area contributed by atoms with Gasteiger partial charge in [0.25, 0.3) is 0 Å². The fraction of sp³-hybridized carbons (Fsp3) is 0.250. The molecule has 3 heteroatoms. The average molecular weight is 201 g/mol. The zero-order chi connectivity index (χ0) is 10.9. The van der Waals surface area contributed by atoms with Crippen molar-refractivity contribution in [1.82, 2.24) is 0 Å². The van der Waals surface area contributed by atoms with Gasteiger partial charge in [0, 0.05) is 5.56 Å². The van der Waals surface area contributed by atoms with Crippen LogP contribution in [0.25, 0.3) is 0 Å². The first-order valence-corrected chi connectivity index (χ1v) is 4.56. The van der Waals surface area contributed by atoms with Crippen molar-refractivity contribution in [3.8, 4) is 23.7 Å². The summed E-state index contributed by atoms with van der Waals surface area (Å²) in [6, 6.07) is 9.20. The second kappa shape index (κ2) is 6.48. The Balaban J connectivity index is 2.53. The van der Waals surface area contributed by atoms with Gasteiger partial charge >= 0.3 is 0 Å². The molecule has 0 aliphatic rings. The minimum atomic E-state index is -0.138. The molecular weight excluding hydrogens is 190 g/mol. The van der Waals surface area contributed by atoms with Gasteiger partial charge in [-0.3, -0.25) is 0 Å².